The molecule has 0 amide bonds. The highest BCUT2D eigenvalue weighted by Gasteiger charge is 2.01. The van der Waals surface area contributed by atoms with Gasteiger partial charge in [-0.25, -0.2) is 0 Å². The van der Waals surface area contributed by atoms with Gasteiger partial charge < -0.3 is 4.98 Å². The Hall–Kier alpha value is -1.05. The number of H-pyrrole nitrogens is 1. The highest BCUT2D eigenvalue weighted by molar-refractivity contribution is 5.21. The SMILES string of the molecule is CCCCc1c(C)cc[nH]c1=O. The maximum Gasteiger partial charge on any atom is 0.251 e. The van der Waals surface area contributed by atoms with Crippen LogP contribution < -0.4 is 5.56 Å². The summed E-state index contributed by atoms with van der Waals surface area (Å²) in [5.41, 5.74) is 2.12. The van der Waals surface area contributed by atoms with Gasteiger partial charge in [-0.15, -0.1) is 0 Å². The third kappa shape index (κ3) is 1.97. The molecule has 0 aliphatic carbocycles. The fourth-order valence-corrected chi connectivity index (χ4v) is 1.27. The summed E-state index contributed by atoms with van der Waals surface area (Å²) >= 11 is 0. The average molecular weight is 165 g/mol. The lowest BCUT2D eigenvalue weighted by molar-refractivity contribution is 0.782. The molecular formula is C10H15NO. The Balaban J connectivity index is 2.89. The van der Waals surface area contributed by atoms with E-state index in [1.54, 1.807) is 6.20 Å². The molecule has 0 atom stereocenters. The summed E-state index contributed by atoms with van der Waals surface area (Å²) in [6.45, 7) is 4.12. The first-order valence-electron chi connectivity index (χ1n) is 4.43. The molecule has 1 aromatic rings. The lowest BCUT2D eigenvalue weighted by atomic mass is 10.1. The Morgan fingerprint density at radius 3 is 2.83 bits per heavy atom. The van der Waals surface area contributed by atoms with Gasteiger partial charge in [0.05, 0.1) is 0 Å². The van der Waals surface area contributed by atoms with Crippen LogP contribution in [-0.2, 0) is 6.42 Å². The van der Waals surface area contributed by atoms with Gasteiger partial charge in [-0.2, -0.15) is 0 Å². The molecule has 0 radical (unpaired) electrons. The lowest BCUT2D eigenvalue weighted by Crippen LogP contribution is -2.13. The third-order valence-corrected chi connectivity index (χ3v) is 2.08. The Kier molecular flexibility index (Phi) is 3.09. The molecular weight excluding hydrogens is 150 g/mol. The van der Waals surface area contributed by atoms with Crippen molar-refractivity contribution in [1.82, 2.24) is 4.98 Å². The minimum absolute atomic E-state index is 0.0726. The van der Waals surface area contributed by atoms with E-state index < -0.39 is 0 Å². The first-order chi connectivity index (χ1) is 5.75. The van der Waals surface area contributed by atoms with Crippen LogP contribution >= 0.6 is 0 Å². The molecule has 0 unspecified atom stereocenters. The van der Waals surface area contributed by atoms with E-state index in [0.29, 0.717) is 0 Å². The summed E-state index contributed by atoms with van der Waals surface area (Å²) in [4.78, 5) is 14.0. The Bertz CT molecular complexity index is 301. The summed E-state index contributed by atoms with van der Waals surface area (Å²) < 4.78 is 0. The zero-order valence-electron chi connectivity index (χ0n) is 7.68. The smallest absolute Gasteiger partial charge is 0.251 e. The average Bonchev–Trinajstić information content (AvgIpc) is 2.04. The van der Waals surface area contributed by atoms with Crippen molar-refractivity contribution in [1.29, 1.82) is 0 Å². The Morgan fingerprint density at radius 1 is 1.50 bits per heavy atom. The summed E-state index contributed by atoms with van der Waals surface area (Å²) in [5.74, 6) is 0. The van der Waals surface area contributed by atoms with Gasteiger partial charge in [0, 0.05) is 11.8 Å². The zero-order valence-corrected chi connectivity index (χ0v) is 7.68. The standard InChI is InChI=1S/C10H15NO/c1-3-4-5-9-8(2)6-7-11-10(9)12/h6-7H,3-5H2,1-2H3,(H,11,12). The summed E-state index contributed by atoms with van der Waals surface area (Å²) in [6, 6.07) is 1.95. The van der Waals surface area contributed by atoms with Gasteiger partial charge in [0.25, 0.3) is 5.56 Å². The number of aromatic nitrogens is 1. The predicted octanol–water partition coefficient (Wildman–Crippen LogP) is 2.03. The largest absolute Gasteiger partial charge is 0.329 e. The van der Waals surface area contributed by atoms with E-state index in [1.807, 2.05) is 13.0 Å². The van der Waals surface area contributed by atoms with Crippen molar-refractivity contribution in [3.05, 3.63) is 33.7 Å². The molecule has 0 saturated heterocycles. The molecule has 2 nitrogen and oxygen atoms in total. The quantitative estimate of drug-likeness (QED) is 0.730. The van der Waals surface area contributed by atoms with Crippen molar-refractivity contribution in [2.45, 2.75) is 33.1 Å². The first kappa shape index (κ1) is 9.04. The van der Waals surface area contributed by atoms with Crippen LogP contribution in [0.15, 0.2) is 17.1 Å². The van der Waals surface area contributed by atoms with Gasteiger partial charge in [0.15, 0.2) is 0 Å². The molecule has 0 fully saturated rings. The fraction of sp³-hybridized carbons (Fsp3) is 0.500. The number of pyridine rings is 1. The van der Waals surface area contributed by atoms with Gasteiger partial charge in [0.2, 0.25) is 0 Å². The summed E-state index contributed by atoms with van der Waals surface area (Å²) in [7, 11) is 0. The molecule has 1 N–H and O–H groups in total. The maximum atomic E-state index is 11.3. The molecule has 0 aromatic carbocycles. The van der Waals surface area contributed by atoms with Crippen LogP contribution in [0, 0.1) is 6.92 Å². The van der Waals surface area contributed by atoms with Crippen LogP contribution in [0.25, 0.3) is 0 Å². The molecule has 0 saturated carbocycles. The van der Waals surface area contributed by atoms with Crippen molar-refractivity contribution in [3.8, 4) is 0 Å². The summed E-state index contributed by atoms with van der Waals surface area (Å²) in [6.07, 6.45) is 4.83. The lowest BCUT2D eigenvalue weighted by Gasteiger charge is -2.01. The van der Waals surface area contributed by atoms with E-state index in [1.165, 1.54) is 0 Å². The van der Waals surface area contributed by atoms with Crippen LogP contribution in [0.5, 0.6) is 0 Å². The van der Waals surface area contributed by atoms with Gasteiger partial charge in [0.1, 0.15) is 0 Å². The number of hydrogen-bond donors (Lipinski definition) is 1. The predicted molar refractivity (Wildman–Crippen MR) is 50.4 cm³/mol. The minimum Gasteiger partial charge on any atom is -0.329 e. The molecule has 0 bridgehead atoms. The van der Waals surface area contributed by atoms with Crippen molar-refractivity contribution in [2.24, 2.45) is 0 Å². The van der Waals surface area contributed by atoms with Crippen LogP contribution in [0.4, 0.5) is 0 Å². The van der Waals surface area contributed by atoms with Crippen molar-refractivity contribution in [3.63, 3.8) is 0 Å². The molecule has 0 aliphatic heterocycles. The highest BCUT2D eigenvalue weighted by atomic mass is 16.1. The van der Waals surface area contributed by atoms with E-state index in [0.717, 1.165) is 30.4 Å². The number of unbranched alkanes of at least 4 members (excludes halogenated alkanes) is 1. The number of aryl methyl sites for hydroxylation is 1. The maximum absolute atomic E-state index is 11.3. The van der Waals surface area contributed by atoms with Crippen LogP contribution in [0.2, 0.25) is 0 Å². The van der Waals surface area contributed by atoms with Crippen molar-refractivity contribution >= 4 is 0 Å². The summed E-state index contributed by atoms with van der Waals surface area (Å²) in [5, 5.41) is 0. The Labute approximate surface area is 72.6 Å². The normalized spacial score (nSPS) is 10.2. The number of aromatic amines is 1. The van der Waals surface area contributed by atoms with Gasteiger partial charge >= 0.3 is 0 Å². The first-order valence-corrected chi connectivity index (χ1v) is 4.43. The molecule has 1 aromatic heterocycles. The second-order valence-corrected chi connectivity index (χ2v) is 3.07. The molecule has 2 heteroatoms. The third-order valence-electron chi connectivity index (χ3n) is 2.08. The van der Waals surface area contributed by atoms with E-state index in [4.69, 9.17) is 0 Å². The molecule has 0 aliphatic rings. The highest BCUT2D eigenvalue weighted by Crippen LogP contribution is 2.04. The van der Waals surface area contributed by atoms with E-state index in [9.17, 15) is 4.79 Å². The molecule has 1 heterocycles. The van der Waals surface area contributed by atoms with E-state index in [-0.39, 0.29) is 5.56 Å². The van der Waals surface area contributed by atoms with Crippen LogP contribution in [0.3, 0.4) is 0 Å². The second-order valence-electron chi connectivity index (χ2n) is 3.07. The van der Waals surface area contributed by atoms with Crippen LogP contribution in [0.1, 0.15) is 30.9 Å². The fourth-order valence-electron chi connectivity index (χ4n) is 1.27. The van der Waals surface area contributed by atoms with Gasteiger partial charge in [-0.05, 0) is 31.4 Å². The van der Waals surface area contributed by atoms with Crippen molar-refractivity contribution < 1.29 is 0 Å². The molecule has 0 spiro atoms. The minimum atomic E-state index is 0.0726. The van der Waals surface area contributed by atoms with Gasteiger partial charge in [-0.3, -0.25) is 4.79 Å². The topological polar surface area (TPSA) is 32.9 Å². The zero-order chi connectivity index (χ0) is 8.97. The number of nitrogens with one attached hydrogen (secondary N) is 1. The van der Waals surface area contributed by atoms with E-state index in [2.05, 4.69) is 11.9 Å². The number of rotatable bonds is 3. The second kappa shape index (κ2) is 4.10. The number of hydrogen-bond acceptors (Lipinski definition) is 1. The van der Waals surface area contributed by atoms with Gasteiger partial charge in [-0.1, -0.05) is 13.3 Å². The van der Waals surface area contributed by atoms with Crippen LogP contribution in [-0.4, -0.2) is 4.98 Å². The Morgan fingerprint density at radius 2 is 2.25 bits per heavy atom. The monoisotopic (exact) mass is 165 g/mol. The molecule has 66 valence electrons. The molecule has 12 heavy (non-hydrogen) atoms. The van der Waals surface area contributed by atoms with E-state index >= 15 is 0 Å². The van der Waals surface area contributed by atoms with Crippen molar-refractivity contribution in [2.75, 3.05) is 0 Å². The molecule has 1 rings (SSSR count).